The molecule has 0 radical (unpaired) electrons. The van der Waals surface area contributed by atoms with Crippen molar-refractivity contribution in [2.75, 3.05) is 37.8 Å². The Morgan fingerprint density at radius 1 is 1.14 bits per heavy atom. The molecule has 154 valence electrons. The molecule has 3 saturated heterocycles. The van der Waals surface area contributed by atoms with E-state index in [9.17, 15) is 13.2 Å². The first kappa shape index (κ1) is 19.6. The summed E-state index contributed by atoms with van der Waals surface area (Å²) < 4.78 is 41.0. The Morgan fingerprint density at radius 2 is 1.79 bits per heavy atom. The number of aryl methyl sites for hydroxylation is 1. The second-order valence-corrected chi connectivity index (χ2v) is 10.1. The third-order valence-electron chi connectivity index (χ3n) is 5.61. The van der Waals surface area contributed by atoms with Gasteiger partial charge in [0.1, 0.15) is 33.9 Å². The number of carbonyl (C=O) groups excluding carboxylic acids is 1. The van der Waals surface area contributed by atoms with E-state index in [2.05, 4.69) is 4.98 Å². The van der Waals surface area contributed by atoms with Crippen molar-refractivity contribution in [1.82, 2.24) is 9.88 Å². The molecule has 9 heteroatoms. The van der Waals surface area contributed by atoms with E-state index in [-0.39, 0.29) is 41.6 Å². The monoisotopic (exact) mass is 410 g/mol. The van der Waals surface area contributed by atoms with E-state index >= 15 is 0 Å². The van der Waals surface area contributed by atoms with Gasteiger partial charge >= 0.3 is 0 Å². The van der Waals surface area contributed by atoms with Crippen molar-refractivity contribution in [3.63, 3.8) is 0 Å². The zero-order valence-corrected chi connectivity index (χ0v) is 16.8. The Morgan fingerprint density at radius 3 is 2.36 bits per heavy atom. The topological polar surface area (TPSA) is 95.0 Å². The molecule has 28 heavy (non-hydrogen) atoms. The molecule has 0 unspecified atom stereocenters. The third-order valence-corrected chi connectivity index (χ3v) is 7.33. The number of amides is 1. The van der Waals surface area contributed by atoms with Crippen LogP contribution in [0.2, 0.25) is 0 Å². The standard InChI is InChI=1S/C19H26N2O6S/c1-13-2-3-15(8-20-13)27-16-11-25-17-9-21(10-18(17)26-12-16)19(22)14-4-6-28(23,24)7-5-14/h2-3,8,14,16-18H,4-7,9-12H2,1H3/t17-,18-/m0/s1. The van der Waals surface area contributed by atoms with Gasteiger partial charge in [-0.1, -0.05) is 0 Å². The maximum atomic E-state index is 12.8. The molecule has 1 amide bonds. The molecular weight excluding hydrogens is 384 g/mol. The Labute approximate surface area is 165 Å². The van der Waals surface area contributed by atoms with Gasteiger partial charge in [-0.25, -0.2) is 8.42 Å². The number of likely N-dealkylation sites (tertiary alicyclic amines) is 1. The minimum atomic E-state index is -2.97. The number of fused-ring (bicyclic) bond motifs is 1. The van der Waals surface area contributed by atoms with Crippen LogP contribution in [0.3, 0.4) is 0 Å². The van der Waals surface area contributed by atoms with Crippen LogP contribution in [-0.2, 0) is 24.1 Å². The lowest BCUT2D eigenvalue weighted by Gasteiger charge is -2.26. The van der Waals surface area contributed by atoms with Crippen LogP contribution >= 0.6 is 0 Å². The van der Waals surface area contributed by atoms with Gasteiger partial charge < -0.3 is 19.1 Å². The predicted octanol–water partition coefficient (Wildman–Crippen LogP) is 0.588. The summed E-state index contributed by atoms with van der Waals surface area (Å²) in [7, 11) is -2.97. The number of nitrogens with zero attached hydrogens (tertiary/aromatic N) is 2. The van der Waals surface area contributed by atoms with Gasteiger partial charge in [-0.3, -0.25) is 9.78 Å². The number of ether oxygens (including phenoxy) is 3. The number of aromatic nitrogens is 1. The number of hydrogen-bond acceptors (Lipinski definition) is 7. The molecule has 0 spiro atoms. The molecule has 1 aromatic heterocycles. The van der Waals surface area contributed by atoms with Crippen LogP contribution in [0.4, 0.5) is 0 Å². The van der Waals surface area contributed by atoms with Crippen LogP contribution in [0.25, 0.3) is 0 Å². The van der Waals surface area contributed by atoms with E-state index in [0.29, 0.717) is 44.9 Å². The predicted molar refractivity (Wildman–Crippen MR) is 101 cm³/mol. The third kappa shape index (κ3) is 4.47. The van der Waals surface area contributed by atoms with Gasteiger partial charge in [-0.15, -0.1) is 0 Å². The van der Waals surface area contributed by atoms with Gasteiger partial charge in [0.15, 0.2) is 0 Å². The lowest BCUT2D eigenvalue weighted by atomic mass is 10.0. The Kier molecular flexibility index (Phi) is 5.57. The van der Waals surface area contributed by atoms with E-state index in [1.165, 1.54) is 0 Å². The lowest BCUT2D eigenvalue weighted by Crippen LogP contribution is -2.39. The molecule has 0 aliphatic carbocycles. The number of pyridine rings is 1. The van der Waals surface area contributed by atoms with Crippen LogP contribution in [-0.4, -0.2) is 80.3 Å². The second-order valence-electron chi connectivity index (χ2n) is 7.79. The van der Waals surface area contributed by atoms with E-state index in [1.807, 2.05) is 19.1 Å². The molecule has 0 bridgehead atoms. The largest absolute Gasteiger partial charge is 0.484 e. The first-order valence-electron chi connectivity index (χ1n) is 9.71. The SMILES string of the molecule is Cc1ccc(OC2CO[C@H]3CN(C(=O)C4CCS(=O)(=O)CC4)C[C@@H]3OC2)cn1. The minimum Gasteiger partial charge on any atom is -0.484 e. The van der Waals surface area contributed by atoms with Crippen molar-refractivity contribution in [3.05, 3.63) is 24.0 Å². The zero-order valence-electron chi connectivity index (χ0n) is 16.0. The highest BCUT2D eigenvalue weighted by molar-refractivity contribution is 7.91. The molecule has 2 atom stereocenters. The van der Waals surface area contributed by atoms with Crippen molar-refractivity contribution in [3.8, 4) is 5.75 Å². The van der Waals surface area contributed by atoms with Gasteiger partial charge in [0, 0.05) is 24.7 Å². The van der Waals surface area contributed by atoms with E-state index in [1.54, 1.807) is 11.1 Å². The number of rotatable bonds is 3. The highest BCUT2D eigenvalue weighted by Crippen LogP contribution is 2.27. The number of sulfone groups is 1. The zero-order chi connectivity index (χ0) is 19.7. The summed E-state index contributed by atoms with van der Waals surface area (Å²) in [4.78, 5) is 18.7. The summed E-state index contributed by atoms with van der Waals surface area (Å²) in [5, 5.41) is 0. The molecular formula is C19H26N2O6S. The van der Waals surface area contributed by atoms with Gasteiger partial charge in [0.2, 0.25) is 5.91 Å². The molecule has 0 saturated carbocycles. The maximum absolute atomic E-state index is 12.8. The van der Waals surface area contributed by atoms with E-state index in [0.717, 1.165) is 5.69 Å². The van der Waals surface area contributed by atoms with Crippen molar-refractivity contribution >= 4 is 15.7 Å². The summed E-state index contributed by atoms with van der Waals surface area (Å²) in [5.41, 5.74) is 0.926. The average Bonchev–Trinajstić information content (AvgIpc) is 2.99. The smallest absolute Gasteiger partial charge is 0.225 e. The molecule has 3 aliphatic rings. The summed E-state index contributed by atoms with van der Waals surface area (Å²) in [5.74, 6) is 0.692. The van der Waals surface area contributed by atoms with Gasteiger partial charge in [0.25, 0.3) is 0 Å². The van der Waals surface area contributed by atoms with Crippen LogP contribution < -0.4 is 4.74 Å². The molecule has 0 N–H and O–H groups in total. The second kappa shape index (κ2) is 7.96. The van der Waals surface area contributed by atoms with Crippen LogP contribution in [0.5, 0.6) is 5.75 Å². The maximum Gasteiger partial charge on any atom is 0.225 e. The van der Waals surface area contributed by atoms with Gasteiger partial charge in [-0.05, 0) is 31.9 Å². The lowest BCUT2D eigenvalue weighted by molar-refractivity contribution is -0.135. The normalized spacial score (nSPS) is 28.5. The molecule has 3 fully saturated rings. The van der Waals surface area contributed by atoms with Crippen molar-refractivity contribution in [2.24, 2.45) is 5.92 Å². The highest BCUT2D eigenvalue weighted by atomic mass is 32.2. The van der Waals surface area contributed by atoms with Crippen LogP contribution in [0.15, 0.2) is 18.3 Å². The first-order valence-corrected chi connectivity index (χ1v) is 11.5. The molecule has 1 aromatic rings. The van der Waals surface area contributed by atoms with Crippen molar-refractivity contribution in [1.29, 1.82) is 0 Å². The Balaban J connectivity index is 1.29. The summed E-state index contributed by atoms with van der Waals surface area (Å²) in [6.07, 6.45) is 1.93. The Bertz CT molecular complexity index is 782. The average molecular weight is 410 g/mol. The molecule has 0 aromatic carbocycles. The summed E-state index contributed by atoms with van der Waals surface area (Å²) in [6, 6.07) is 3.77. The minimum absolute atomic E-state index is 0.0219. The number of carbonyl (C=O) groups is 1. The quantitative estimate of drug-likeness (QED) is 0.720. The fourth-order valence-corrected chi connectivity index (χ4v) is 5.43. The van der Waals surface area contributed by atoms with Crippen molar-refractivity contribution < 1.29 is 27.4 Å². The molecule has 4 rings (SSSR count). The van der Waals surface area contributed by atoms with E-state index in [4.69, 9.17) is 14.2 Å². The van der Waals surface area contributed by atoms with Gasteiger partial charge in [-0.2, -0.15) is 0 Å². The van der Waals surface area contributed by atoms with Gasteiger partial charge in [0.05, 0.1) is 30.9 Å². The number of hydrogen-bond donors (Lipinski definition) is 0. The van der Waals surface area contributed by atoms with E-state index < -0.39 is 9.84 Å². The molecule has 8 nitrogen and oxygen atoms in total. The molecule has 4 heterocycles. The fourth-order valence-electron chi connectivity index (χ4n) is 3.93. The fraction of sp³-hybridized carbons (Fsp3) is 0.684. The van der Waals surface area contributed by atoms with Crippen molar-refractivity contribution in [2.45, 2.75) is 38.1 Å². The van der Waals surface area contributed by atoms with Crippen LogP contribution in [0, 0.1) is 12.8 Å². The Hall–Kier alpha value is -1.71. The summed E-state index contributed by atoms with van der Waals surface area (Å²) in [6.45, 7) is 3.65. The summed E-state index contributed by atoms with van der Waals surface area (Å²) >= 11 is 0. The highest BCUT2D eigenvalue weighted by Gasteiger charge is 2.42. The molecule has 3 aliphatic heterocycles. The van der Waals surface area contributed by atoms with Crippen LogP contribution in [0.1, 0.15) is 18.5 Å². The first-order chi connectivity index (χ1) is 13.4.